The Kier molecular flexibility index (Phi) is 2.15. The highest BCUT2D eigenvalue weighted by atomic mass is 14.7. The van der Waals surface area contributed by atoms with Crippen molar-refractivity contribution in [2.45, 2.75) is 6.42 Å². The lowest BCUT2D eigenvalue weighted by atomic mass is 10.1. The van der Waals surface area contributed by atoms with Gasteiger partial charge in [-0.25, -0.2) is 0 Å². The van der Waals surface area contributed by atoms with Crippen LogP contribution in [0.15, 0.2) is 46.4 Å². The maximum absolute atomic E-state index is 3.97. The molecule has 0 radical (unpaired) electrons. The molecule has 0 heterocycles. The van der Waals surface area contributed by atoms with E-state index in [1.165, 1.54) is 22.3 Å². The van der Waals surface area contributed by atoms with Gasteiger partial charge in [-0.15, -0.1) is 0 Å². The number of hydrogen-bond donors (Lipinski definition) is 0. The van der Waals surface area contributed by atoms with Gasteiger partial charge >= 0.3 is 0 Å². The number of rotatable bonds is 2. The Morgan fingerprint density at radius 3 is 1.65 bits per heavy atom. The zero-order valence-electron chi connectivity index (χ0n) is 9.48. The molecule has 17 heavy (non-hydrogen) atoms. The molecule has 2 aromatic carbocycles. The van der Waals surface area contributed by atoms with Gasteiger partial charge in [0.25, 0.3) is 0 Å². The molecule has 0 N–H and O–H groups in total. The van der Waals surface area contributed by atoms with Crippen molar-refractivity contribution in [2.75, 3.05) is 0 Å². The van der Waals surface area contributed by atoms with E-state index in [0.29, 0.717) is 0 Å². The van der Waals surface area contributed by atoms with E-state index >= 15 is 0 Å². The molecular formula is C15H12N2. The molecule has 0 aromatic heterocycles. The Balaban J connectivity index is 2.16. The molecular weight excluding hydrogens is 208 g/mol. The van der Waals surface area contributed by atoms with Gasteiger partial charge in [-0.1, -0.05) is 12.1 Å². The van der Waals surface area contributed by atoms with E-state index in [0.717, 1.165) is 17.8 Å². The van der Waals surface area contributed by atoms with Crippen LogP contribution in [0.25, 0.3) is 11.1 Å². The van der Waals surface area contributed by atoms with E-state index in [4.69, 9.17) is 0 Å². The van der Waals surface area contributed by atoms with E-state index in [2.05, 4.69) is 47.7 Å². The number of aliphatic imine (C=N–C) groups is 2. The second-order valence-corrected chi connectivity index (χ2v) is 4.18. The summed E-state index contributed by atoms with van der Waals surface area (Å²) in [5.41, 5.74) is 7.07. The van der Waals surface area contributed by atoms with Crippen LogP contribution in [-0.4, -0.2) is 13.4 Å². The Morgan fingerprint density at radius 1 is 0.765 bits per heavy atom. The normalized spacial score (nSPS) is 11.8. The summed E-state index contributed by atoms with van der Waals surface area (Å²) in [6.07, 6.45) is 0.942. The molecule has 0 spiro atoms. The fourth-order valence-corrected chi connectivity index (χ4v) is 2.38. The van der Waals surface area contributed by atoms with Gasteiger partial charge in [0.15, 0.2) is 0 Å². The van der Waals surface area contributed by atoms with Crippen molar-refractivity contribution < 1.29 is 0 Å². The van der Waals surface area contributed by atoms with E-state index in [1.807, 2.05) is 12.1 Å². The second kappa shape index (κ2) is 3.67. The second-order valence-electron chi connectivity index (χ2n) is 4.18. The van der Waals surface area contributed by atoms with Crippen molar-refractivity contribution in [1.29, 1.82) is 0 Å². The summed E-state index contributed by atoms with van der Waals surface area (Å²) in [5.74, 6) is 0. The van der Waals surface area contributed by atoms with Gasteiger partial charge < -0.3 is 0 Å². The highest BCUT2D eigenvalue weighted by Gasteiger charge is 2.18. The van der Waals surface area contributed by atoms with E-state index in [9.17, 15) is 0 Å². The third-order valence-electron chi connectivity index (χ3n) is 3.21. The maximum Gasteiger partial charge on any atom is 0.0625 e. The average Bonchev–Trinajstić information content (AvgIpc) is 2.74. The van der Waals surface area contributed by atoms with Crippen LogP contribution < -0.4 is 0 Å². The van der Waals surface area contributed by atoms with Crippen LogP contribution in [0, 0.1) is 0 Å². The van der Waals surface area contributed by atoms with E-state index in [-0.39, 0.29) is 0 Å². The molecule has 1 aliphatic carbocycles. The van der Waals surface area contributed by atoms with Gasteiger partial charge in [0.1, 0.15) is 0 Å². The van der Waals surface area contributed by atoms with Gasteiger partial charge in [-0.3, -0.25) is 9.98 Å². The molecule has 0 fully saturated rings. The number of hydrogen-bond acceptors (Lipinski definition) is 2. The maximum atomic E-state index is 3.97. The number of nitrogens with zero attached hydrogens (tertiary/aromatic N) is 2. The average molecular weight is 220 g/mol. The van der Waals surface area contributed by atoms with Crippen molar-refractivity contribution in [1.82, 2.24) is 0 Å². The third-order valence-corrected chi connectivity index (χ3v) is 3.21. The summed E-state index contributed by atoms with van der Waals surface area (Å²) in [4.78, 5) is 7.93. The van der Waals surface area contributed by atoms with Crippen LogP contribution in [0.3, 0.4) is 0 Å². The molecule has 2 heteroatoms. The highest BCUT2D eigenvalue weighted by Crippen LogP contribution is 2.39. The smallest absolute Gasteiger partial charge is 0.0625 e. The monoisotopic (exact) mass is 220 g/mol. The van der Waals surface area contributed by atoms with Crippen LogP contribution in [0.2, 0.25) is 0 Å². The molecule has 0 atom stereocenters. The Morgan fingerprint density at radius 2 is 1.24 bits per heavy atom. The van der Waals surface area contributed by atoms with Crippen LogP contribution in [0.5, 0.6) is 0 Å². The van der Waals surface area contributed by atoms with E-state index < -0.39 is 0 Å². The molecule has 2 aromatic rings. The Hall–Kier alpha value is -2.22. The summed E-state index contributed by atoms with van der Waals surface area (Å²) in [6.45, 7) is 7.12. The van der Waals surface area contributed by atoms with Gasteiger partial charge in [-0.05, 0) is 66.4 Å². The lowest BCUT2D eigenvalue weighted by Crippen LogP contribution is -1.79. The highest BCUT2D eigenvalue weighted by molar-refractivity contribution is 5.79. The van der Waals surface area contributed by atoms with Crippen molar-refractivity contribution in [3.05, 3.63) is 47.5 Å². The quantitative estimate of drug-likeness (QED) is 0.585. The van der Waals surface area contributed by atoms with Crippen LogP contribution >= 0.6 is 0 Å². The van der Waals surface area contributed by atoms with Crippen molar-refractivity contribution in [2.24, 2.45) is 9.98 Å². The van der Waals surface area contributed by atoms with Crippen LogP contribution in [0.1, 0.15) is 11.1 Å². The fourth-order valence-electron chi connectivity index (χ4n) is 2.38. The molecule has 3 rings (SSSR count). The zero-order valence-corrected chi connectivity index (χ0v) is 9.48. The SMILES string of the molecule is C=Nc1ccc2c(c1)Cc1cc(N=C)ccc1-2. The predicted octanol–water partition coefficient (Wildman–Crippen LogP) is 3.92. The first-order valence-corrected chi connectivity index (χ1v) is 5.51. The first-order valence-electron chi connectivity index (χ1n) is 5.51. The molecule has 0 amide bonds. The van der Waals surface area contributed by atoms with Crippen LogP contribution in [0.4, 0.5) is 11.4 Å². The lowest BCUT2D eigenvalue weighted by Gasteiger charge is -2.01. The molecule has 0 saturated carbocycles. The van der Waals surface area contributed by atoms with E-state index in [1.54, 1.807) is 0 Å². The number of fused-ring (bicyclic) bond motifs is 3. The molecule has 82 valence electrons. The third kappa shape index (κ3) is 1.49. The topological polar surface area (TPSA) is 24.7 Å². The van der Waals surface area contributed by atoms with Crippen molar-refractivity contribution >= 4 is 24.8 Å². The van der Waals surface area contributed by atoms with Gasteiger partial charge in [0.05, 0.1) is 11.4 Å². The molecule has 0 unspecified atom stereocenters. The summed E-state index contributed by atoms with van der Waals surface area (Å²) < 4.78 is 0. The molecule has 0 aliphatic heterocycles. The number of benzene rings is 2. The minimum atomic E-state index is 0.929. The van der Waals surface area contributed by atoms with Gasteiger partial charge in [-0.2, -0.15) is 0 Å². The fraction of sp³-hybridized carbons (Fsp3) is 0.0667. The standard InChI is InChI=1S/C15H12N2/c1-16-12-3-5-14-10(8-12)7-11-9-13(17-2)4-6-15(11)14/h3-6,8-9H,1-2,7H2. The molecule has 0 bridgehead atoms. The van der Waals surface area contributed by atoms with Gasteiger partial charge in [0, 0.05) is 0 Å². The lowest BCUT2D eigenvalue weighted by molar-refractivity contribution is 1.26. The van der Waals surface area contributed by atoms with Gasteiger partial charge in [0.2, 0.25) is 0 Å². The summed E-state index contributed by atoms with van der Waals surface area (Å²) in [5, 5.41) is 0. The Labute approximate surface area is 100 Å². The van der Waals surface area contributed by atoms with Crippen molar-refractivity contribution in [3.8, 4) is 11.1 Å². The zero-order chi connectivity index (χ0) is 11.8. The summed E-state index contributed by atoms with van der Waals surface area (Å²) >= 11 is 0. The predicted molar refractivity (Wildman–Crippen MR) is 73.1 cm³/mol. The minimum absolute atomic E-state index is 0.929. The largest absolute Gasteiger partial charge is 0.265 e. The molecule has 0 saturated heterocycles. The Bertz CT molecular complexity index is 571. The first-order chi connectivity index (χ1) is 8.31. The van der Waals surface area contributed by atoms with Crippen LogP contribution in [-0.2, 0) is 6.42 Å². The molecule has 2 nitrogen and oxygen atoms in total. The molecule has 1 aliphatic rings. The summed E-state index contributed by atoms with van der Waals surface area (Å²) in [7, 11) is 0. The first kappa shape index (κ1) is 9.97. The van der Waals surface area contributed by atoms with Crippen molar-refractivity contribution in [3.63, 3.8) is 0 Å². The minimum Gasteiger partial charge on any atom is -0.265 e. The summed E-state index contributed by atoms with van der Waals surface area (Å²) in [6, 6.07) is 12.4.